The summed E-state index contributed by atoms with van der Waals surface area (Å²) in [5, 5.41) is 6.62. The van der Waals surface area contributed by atoms with Crippen molar-refractivity contribution in [3.05, 3.63) is 53.6 Å². The van der Waals surface area contributed by atoms with Gasteiger partial charge in [-0.15, -0.1) is 24.0 Å². The Morgan fingerprint density at radius 1 is 1.04 bits per heavy atom. The van der Waals surface area contributed by atoms with E-state index in [0.717, 1.165) is 40.9 Å². The van der Waals surface area contributed by atoms with Crippen molar-refractivity contribution in [2.24, 2.45) is 4.99 Å². The minimum Gasteiger partial charge on any atom is -0.494 e. The predicted molar refractivity (Wildman–Crippen MR) is 117 cm³/mol. The third kappa shape index (κ3) is 6.20. The molecule has 1 aliphatic rings. The third-order valence-electron chi connectivity index (χ3n) is 3.87. The summed E-state index contributed by atoms with van der Waals surface area (Å²) in [6.45, 7) is 7.01. The van der Waals surface area contributed by atoms with Crippen LogP contribution in [0.25, 0.3) is 0 Å². The molecule has 3 rings (SSSR count). The lowest BCUT2D eigenvalue weighted by molar-refractivity contribution is 0.174. The fourth-order valence-corrected chi connectivity index (χ4v) is 2.65. The van der Waals surface area contributed by atoms with Crippen molar-refractivity contribution in [2.45, 2.75) is 26.9 Å². The number of benzene rings is 2. The van der Waals surface area contributed by atoms with Gasteiger partial charge in [-0.05, 0) is 49.2 Å². The van der Waals surface area contributed by atoms with E-state index in [1.807, 2.05) is 56.3 Å². The van der Waals surface area contributed by atoms with Crippen LogP contribution < -0.4 is 24.8 Å². The first kappa shape index (κ1) is 21.1. The highest BCUT2D eigenvalue weighted by atomic mass is 127. The topological polar surface area (TPSA) is 64.1 Å². The van der Waals surface area contributed by atoms with Gasteiger partial charge in [-0.25, -0.2) is 4.99 Å². The Morgan fingerprint density at radius 3 is 2.70 bits per heavy atom. The second kappa shape index (κ2) is 10.9. The van der Waals surface area contributed by atoms with E-state index in [9.17, 15) is 0 Å². The first-order chi connectivity index (χ1) is 12.8. The lowest BCUT2D eigenvalue weighted by Gasteiger charge is -2.12. The smallest absolute Gasteiger partial charge is 0.231 e. The van der Waals surface area contributed by atoms with Gasteiger partial charge in [-0.2, -0.15) is 0 Å². The van der Waals surface area contributed by atoms with Crippen molar-refractivity contribution in [3.63, 3.8) is 0 Å². The quantitative estimate of drug-likeness (QED) is 0.358. The van der Waals surface area contributed by atoms with Gasteiger partial charge in [0.25, 0.3) is 0 Å². The molecule has 27 heavy (non-hydrogen) atoms. The standard InChI is InChI=1S/C20H25N3O3.HI/c1-3-21-20(22-12-15-6-5-7-17(10-15)24-4-2)23-13-16-8-9-18-19(11-16)26-14-25-18;/h5-11H,3-4,12-14H2,1-2H3,(H2,21,22,23);1H. The van der Waals surface area contributed by atoms with Gasteiger partial charge in [0.2, 0.25) is 6.79 Å². The fourth-order valence-electron chi connectivity index (χ4n) is 2.65. The van der Waals surface area contributed by atoms with Gasteiger partial charge in [0.05, 0.1) is 13.2 Å². The zero-order chi connectivity index (χ0) is 18.2. The van der Waals surface area contributed by atoms with Crippen LogP contribution in [0.3, 0.4) is 0 Å². The number of aliphatic imine (C=N–C) groups is 1. The van der Waals surface area contributed by atoms with Crippen molar-refractivity contribution >= 4 is 29.9 Å². The maximum absolute atomic E-state index is 5.54. The zero-order valence-electron chi connectivity index (χ0n) is 15.7. The first-order valence-corrected chi connectivity index (χ1v) is 8.91. The average molecular weight is 483 g/mol. The SMILES string of the molecule is CCNC(=NCc1cccc(OCC)c1)NCc1ccc2c(c1)OCO2.I. The van der Waals surface area contributed by atoms with Crippen molar-refractivity contribution in [3.8, 4) is 17.2 Å². The molecule has 2 N–H and O–H groups in total. The second-order valence-electron chi connectivity index (χ2n) is 5.82. The van der Waals surface area contributed by atoms with Crippen molar-refractivity contribution in [2.75, 3.05) is 19.9 Å². The van der Waals surface area contributed by atoms with Crippen LogP contribution >= 0.6 is 24.0 Å². The third-order valence-corrected chi connectivity index (χ3v) is 3.87. The molecule has 2 aromatic rings. The monoisotopic (exact) mass is 483 g/mol. The number of hydrogen-bond acceptors (Lipinski definition) is 4. The Bertz CT molecular complexity index is 768. The van der Waals surface area contributed by atoms with Crippen LogP contribution in [-0.4, -0.2) is 25.9 Å². The van der Waals surface area contributed by atoms with E-state index in [1.54, 1.807) is 0 Å². The number of rotatable bonds is 7. The summed E-state index contributed by atoms with van der Waals surface area (Å²) in [6.07, 6.45) is 0. The molecule has 0 atom stereocenters. The molecule has 1 heterocycles. The van der Waals surface area contributed by atoms with E-state index in [2.05, 4.69) is 15.6 Å². The average Bonchev–Trinajstić information content (AvgIpc) is 3.12. The Morgan fingerprint density at radius 2 is 1.89 bits per heavy atom. The molecule has 0 radical (unpaired) electrons. The molecule has 2 aromatic carbocycles. The van der Waals surface area contributed by atoms with Crippen LogP contribution in [-0.2, 0) is 13.1 Å². The molecule has 7 heteroatoms. The molecule has 0 unspecified atom stereocenters. The summed E-state index contributed by atoms with van der Waals surface area (Å²) < 4.78 is 16.3. The van der Waals surface area contributed by atoms with Crippen molar-refractivity contribution < 1.29 is 14.2 Å². The highest BCUT2D eigenvalue weighted by Gasteiger charge is 2.13. The highest BCUT2D eigenvalue weighted by molar-refractivity contribution is 14.0. The summed E-state index contributed by atoms with van der Waals surface area (Å²) in [4.78, 5) is 4.66. The molecule has 0 aliphatic carbocycles. The van der Waals surface area contributed by atoms with Gasteiger partial charge < -0.3 is 24.8 Å². The van der Waals surface area contributed by atoms with E-state index < -0.39 is 0 Å². The zero-order valence-corrected chi connectivity index (χ0v) is 18.0. The van der Waals surface area contributed by atoms with Crippen LogP contribution in [0.1, 0.15) is 25.0 Å². The number of halogens is 1. The van der Waals surface area contributed by atoms with E-state index in [1.165, 1.54) is 0 Å². The number of fused-ring (bicyclic) bond motifs is 1. The molecular weight excluding hydrogens is 457 g/mol. The van der Waals surface area contributed by atoms with Gasteiger partial charge >= 0.3 is 0 Å². The highest BCUT2D eigenvalue weighted by Crippen LogP contribution is 2.32. The minimum atomic E-state index is 0. The van der Waals surface area contributed by atoms with Crippen molar-refractivity contribution in [1.29, 1.82) is 0 Å². The summed E-state index contributed by atoms with van der Waals surface area (Å²) in [5.74, 6) is 3.23. The van der Waals surface area contributed by atoms with Gasteiger partial charge in [0, 0.05) is 13.1 Å². The largest absolute Gasteiger partial charge is 0.494 e. The van der Waals surface area contributed by atoms with Gasteiger partial charge in [0.15, 0.2) is 17.5 Å². The Labute approximate surface area is 177 Å². The van der Waals surface area contributed by atoms with Gasteiger partial charge in [-0.1, -0.05) is 18.2 Å². The summed E-state index contributed by atoms with van der Waals surface area (Å²) in [5.41, 5.74) is 2.22. The molecule has 0 bridgehead atoms. The molecule has 6 nitrogen and oxygen atoms in total. The molecule has 1 aliphatic heterocycles. The van der Waals surface area contributed by atoms with E-state index >= 15 is 0 Å². The van der Waals surface area contributed by atoms with Gasteiger partial charge in [0.1, 0.15) is 5.75 Å². The second-order valence-corrected chi connectivity index (χ2v) is 5.82. The van der Waals surface area contributed by atoms with E-state index in [4.69, 9.17) is 14.2 Å². The summed E-state index contributed by atoms with van der Waals surface area (Å²) in [7, 11) is 0. The number of hydrogen-bond donors (Lipinski definition) is 2. The predicted octanol–water partition coefficient (Wildman–Crippen LogP) is 3.69. The van der Waals surface area contributed by atoms with Crippen LogP contribution in [0, 0.1) is 0 Å². The minimum absolute atomic E-state index is 0. The number of guanidine groups is 1. The number of ether oxygens (including phenoxy) is 3. The summed E-state index contributed by atoms with van der Waals surface area (Å²) in [6, 6.07) is 14.0. The maximum Gasteiger partial charge on any atom is 0.231 e. The molecule has 0 aromatic heterocycles. The van der Waals surface area contributed by atoms with Gasteiger partial charge in [-0.3, -0.25) is 0 Å². The summed E-state index contributed by atoms with van der Waals surface area (Å²) >= 11 is 0. The molecule has 0 amide bonds. The van der Waals surface area contributed by atoms with E-state index in [-0.39, 0.29) is 30.8 Å². The van der Waals surface area contributed by atoms with Crippen LogP contribution in [0.15, 0.2) is 47.5 Å². The molecule has 0 fully saturated rings. The van der Waals surface area contributed by atoms with Crippen LogP contribution in [0.4, 0.5) is 0 Å². The number of nitrogens with zero attached hydrogens (tertiary/aromatic N) is 1. The fraction of sp³-hybridized carbons (Fsp3) is 0.350. The molecule has 0 spiro atoms. The molecule has 0 saturated heterocycles. The maximum atomic E-state index is 5.54. The molecular formula is C20H26IN3O3. The Hall–Kier alpha value is -2.16. The lowest BCUT2D eigenvalue weighted by Crippen LogP contribution is -2.36. The van der Waals surface area contributed by atoms with Crippen LogP contribution in [0.2, 0.25) is 0 Å². The Kier molecular flexibility index (Phi) is 8.50. The van der Waals surface area contributed by atoms with Crippen LogP contribution in [0.5, 0.6) is 17.2 Å². The Balaban J connectivity index is 0.00000261. The van der Waals surface area contributed by atoms with E-state index in [0.29, 0.717) is 19.7 Å². The first-order valence-electron chi connectivity index (χ1n) is 8.91. The number of nitrogens with one attached hydrogen (secondary N) is 2. The molecule has 146 valence electrons. The lowest BCUT2D eigenvalue weighted by atomic mass is 10.2. The van der Waals surface area contributed by atoms with Crippen molar-refractivity contribution in [1.82, 2.24) is 10.6 Å². The molecule has 0 saturated carbocycles. The normalized spacial score (nSPS) is 12.3.